The van der Waals surface area contributed by atoms with Crippen LogP contribution in [-0.4, -0.2) is 43.7 Å². The lowest BCUT2D eigenvalue weighted by Gasteiger charge is -2.30. The van der Waals surface area contributed by atoms with Crippen LogP contribution in [0.25, 0.3) is 10.9 Å². The van der Waals surface area contributed by atoms with Gasteiger partial charge >= 0.3 is 0 Å². The molecule has 0 atom stereocenters. The van der Waals surface area contributed by atoms with Crippen molar-refractivity contribution in [1.82, 2.24) is 10.3 Å². The second kappa shape index (κ2) is 10.1. The van der Waals surface area contributed by atoms with Gasteiger partial charge in [0.2, 0.25) is 0 Å². The predicted molar refractivity (Wildman–Crippen MR) is 131 cm³/mol. The van der Waals surface area contributed by atoms with Gasteiger partial charge in [0, 0.05) is 48.3 Å². The van der Waals surface area contributed by atoms with E-state index in [4.69, 9.17) is 21.3 Å². The van der Waals surface area contributed by atoms with Crippen molar-refractivity contribution in [2.45, 2.75) is 37.8 Å². The van der Waals surface area contributed by atoms with Gasteiger partial charge in [0.05, 0.1) is 5.52 Å². The zero-order valence-corrected chi connectivity index (χ0v) is 19.2. The molecule has 0 radical (unpaired) electrons. The third-order valence-corrected chi connectivity index (χ3v) is 6.02. The first-order valence-corrected chi connectivity index (χ1v) is 11.4. The third kappa shape index (κ3) is 5.62. The molecule has 1 saturated carbocycles. The highest BCUT2D eigenvalue weighted by Gasteiger charge is 2.23. The van der Waals surface area contributed by atoms with Crippen LogP contribution in [-0.2, 0) is 4.79 Å². The highest BCUT2D eigenvalue weighted by molar-refractivity contribution is 6.30. The van der Waals surface area contributed by atoms with Gasteiger partial charge in [-0.15, -0.1) is 0 Å². The maximum atomic E-state index is 12.3. The summed E-state index contributed by atoms with van der Waals surface area (Å²) < 4.78 is 5.53. The summed E-state index contributed by atoms with van der Waals surface area (Å²) in [4.78, 5) is 19.2. The lowest BCUT2D eigenvalue weighted by Crippen LogP contribution is -2.42. The van der Waals surface area contributed by atoms with Gasteiger partial charge in [-0.05, 0) is 49.9 Å². The predicted octanol–water partition coefficient (Wildman–Crippen LogP) is 4.87. The van der Waals surface area contributed by atoms with Gasteiger partial charge in [0.15, 0.2) is 6.61 Å². The average molecular weight is 453 g/mol. The van der Waals surface area contributed by atoms with Crippen molar-refractivity contribution in [3.05, 3.63) is 59.6 Å². The molecular formula is C25H29ClN4O2. The van der Waals surface area contributed by atoms with Gasteiger partial charge in [-0.1, -0.05) is 35.9 Å². The van der Waals surface area contributed by atoms with E-state index >= 15 is 0 Å². The van der Waals surface area contributed by atoms with E-state index in [-0.39, 0.29) is 18.6 Å². The Bertz CT molecular complexity index is 1080. The van der Waals surface area contributed by atoms with Crippen LogP contribution in [0.15, 0.2) is 54.6 Å². The number of nitrogens with zero attached hydrogens (tertiary/aromatic N) is 2. The molecule has 1 fully saturated rings. The van der Waals surface area contributed by atoms with E-state index in [0.717, 1.165) is 48.1 Å². The number of nitrogens with one attached hydrogen (secondary N) is 2. The summed E-state index contributed by atoms with van der Waals surface area (Å²) in [6.45, 7) is -0.00710. The molecule has 168 valence electrons. The van der Waals surface area contributed by atoms with Crippen LogP contribution in [0.4, 0.5) is 11.5 Å². The summed E-state index contributed by atoms with van der Waals surface area (Å²) in [7, 11) is 4.10. The average Bonchev–Trinajstić information content (AvgIpc) is 2.78. The summed E-state index contributed by atoms with van der Waals surface area (Å²) in [5.41, 5.74) is 2.14. The maximum absolute atomic E-state index is 12.3. The van der Waals surface area contributed by atoms with Crippen molar-refractivity contribution in [2.75, 3.05) is 30.9 Å². The molecule has 1 amide bonds. The Morgan fingerprint density at radius 3 is 2.56 bits per heavy atom. The fraction of sp³-hybridized carbons (Fsp3) is 0.360. The van der Waals surface area contributed by atoms with Crippen LogP contribution in [0.5, 0.6) is 5.75 Å². The molecule has 0 saturated heterocycles. The molecule has 6 nitrogen and oxygen atoms in total. The first-order valence-electron chi connectivity index (χ1n) is 11.0. The number of halogens is 1. The van der Waals surface area contributed by atoms with Crippen molar-refractivity contribution in [1.29, 1.82) is 0 Å². The van der Waals surface area contributed by atoms with Crippen LogP contribution in [0.3, 0.4) is 0 Å². The lowest BCUT2D eigenvalue weighted by molar-refractivity contribution is -0.124. The largest absolute Gasteiger partial charge is 0.484 e. The molecule has 1 aliphatic rings. The Labute approximate surface area is 193 Å². The number of carbonyl (C=O) groups excluding carboxylic acids is 1. The van der Waals surface area contributed by atoms with E-state index in [9.17, 15) is 4.79 Å². The molecule has 0 aliphatic heterocycles. The zero-order chi connectivity index (χ0) is 22.5. The number of para-hydroxylation sites is 1. The van der Waals surface area contributed by atoms with Crippen molar-refractivity contribution in [2.24, 2.45) is 0 Å². The lowest BCUT2D eigenvalue weighted by atomic mass is 9.91. The molecule has 1 aromatic heterocycles. The normalized spacial score (nSPS) is 18.2. The minimum atomic E-state index is -0.104. The minimum Gasteiger partial charge on any atom is -0.484 e. The number of amides is 1. The number of benzene rings is 2. The van der Waals surface area contributed by atoms with Crippen LogP contribution in [0, 0.1) is 0 Å². The fourth-order valence-corrected chi connectivity index (χ4v) is 4.35. The van der Waals surface area contributed by atoms with Crippen LogP contribution in [0.2, 0.25) is 5.02 Å². The van der Waals surface area contributed by atoms with Crippen molar-refractivity contribution in [3.63, 3.8) is 0 Å². The van der Waals surface area contributed by atoms with Gasteiger partial charge in [0.1, 0.15) is 11.6 Å². The van der Waals surface area contributed by atoms with Gasteiger partial charge in [0.25, 0.3) is 5.91 Å². The van der Waals surface area contributed by atoms with E-state index in [1.54, 1.807) is 24.3 Å². The summed E-state index contributed by atoms with van der Waals surface area (Å²) >= 11 is 5.95. The standard InChI is InChI=1S/C25H29ClN4O2/c1-30(2)23-15-24(29-22-9-4-3-8-21(22)23)27-18-10-12-19(13-11-18)28-25(31)16-32-20-7-5-6-17(26)14-20/h3-9,14-15,18-19H,10-13,16H2,1-2H3,(H,27,29)(H,28,31). The van der Waals surface area contributed by atoms with Gasteiger partial charge in [-0.2, -0.15) is 0 Å². The van der Waals surface area contributed by atoms with Crippen LogP contribution < -0.4 is 20.3 Å². The van der Waals surface area contributed by atoms with Crippen molar-refractivity contribution < 1.29 is 9.53 Å². The number of pyridine rings is 1. The minimum absolute atomic E-state index is 0.00710. The smallest absolute Gasteiger partial charge is 0.258 e. The zero-order valence-electron chi connectivity index (χ0n) is 18.5. The Morgan fingerprint density at radius 2 is 1.81 bits per heavy atom. The second-order valence-corrected chi connectivity index (χ2v) is 8.88. The van der Waals surface area contributed by atoms with E-state index in [1.807, 2.05) is 18.2 Å². The molecule has 2 N–H and O–H groups in total. The number of hydrogen-bond acceptors (Lipinski definition) is 5. The van der Waals surface area contributed by atoms with Gasteiger partial charge < -0.3 is 20.3 Å². The molecular weight excluding hydrogens is 424 g/mol. The van der Waals surface area contributed by atoms with Crippen LogP contribution in [0.1, 0.15) is 25.7 Å². The number of hydrogen-bond donors (Lipinski definition) is 2. The Kier molecular flexibility index (Phi) is 7.00. The fourth-order valence-electron chi connectivity index (χ4n) is 4.17. The number of carbonyl (C=O) groups is 1. The van der Waals surface area contributed by atoms with E-state index in [0.29, 0.717) is 16.8 Å². The summed E-state index contributed by atoms with van der Waals surface area (Å²) in [5, 5.41) is 8.43. The first-order chi connectivity index (χ1) is 15.5. The van der Waals surface area contributed by atoms with Gasteiger partial charge in [-0.3, -0.25) is 4.79 Å². The third-order valence-electron chi connectivity index (χ3n) is 5.79. The van der Waals surface area contributed by atoms with E-state index in [2.05, 4.69) is 41.8 Å². The molecule has 32 heavy (non-hydrogen) atoms. The number of aromatic nitrogens is 1. The monoisotopic (exact) mass is 452 g/mol. The molecule has 7 heteroatoms. The molecule has 0 bridgehead atoms. The van der Waals surface area contributed by atoms with Gasteiger partial charge in [-0.25, -0.2) is 4.98 Å². The van der Waals surface area contributed by atoms with Crippen molar-refractivity contribution >= 4 is 39.9 Å². The van der Waals surface area contributed by atoms with Crippen LogP contribution >= 0.6 is 11.6 Å². The topological polar surface area (TPSA) is 66.5 Å². The molecule has 1 aliphatic carbocycles. The van der Waals surface area contributed by atoms with E-state index in [1.165, 1.54) is 0 Å². The first kappa shape index (κ1) is 22.2. The summed E-state index contributed by atoms with van der Waals surface area (Å²) in [5.74, 6) is 1.39. The Balaban J connectivity index is 1.28. The van der Waals surface area contributed by atoms with Crippen molar-refractivity contribution in [3.8, 4) is 5.75 Å². The molecule has 1 heterocycles. The molecule has 3 aromatic rings. The number of ether oxygens (including phenoxy) is 1. The summed E-state index contributed by atoms with van der Waals surface area (Å²) in [6, 6.07) is 17.9. The molecule has 0 spiro atoms. The molecule has 4 rings (SSSR count). The van der Waals surface area contributed by atoms with E-state index < -0.39 is 0 Å². The highest BCUT2D eigenvalue weighted by atomic mass is 35.5. The quantitative estimate of drug-likeness (QED) is 0.535. The molecule has 0 unspecified atom stereocenters. The second-order valence-electron chi connectivity index (χ2n) is 8.44. The maximum Gasteiger partial charge on any atom is 0.258 e. The molecule has 2 aromatic carbocycles. The number of anilines is 2. The number of rotatable bonds is 7. The SMILES string of the molecule is CN(C)c1cc(NC2CCC(NC(=O)COc3cccc(Cl)c3)CC2)nc2ccccc12. The number of fused-ring (bicyclic) bond motifs is 1. The summed E-state index contributed by atoms with van der Waals surface area (Å²) in [6.07, 6.45) is 3.81. The Hall–Kier alpha value is -2.99. The Morgan fingerprint density at radius 1 is 1.06 bits per heavy atom. The highest BCUT2D eigenvalue weighted by Crippen LogP contribution is 2.29.